The molecule has 8 nitrogen and oxygen atoms in total. The Hall–Kier alpha value is -2.59. The highest BCUT2D eigenvalue weighted by Gasteiger charge is 2.50. The summed E-state index contributed by atoms with van der Waals surface area (Å²) in [6.07, 6.45) is 10.1. The molecule has 248 valence electrons. The smallest absolute Gasteiger partial charge is 0.264 e. The topological polar surface area (TPSA) is 88.2 Å². The van der Waals surface area contributed by atoms with E-state index in [1.165, 1.54) is 11.1 Å². The lowest BCUT2D eigenvalue weighted by molar-refractivity contribution is -0.139. The van der Waals surface area contributed by atoms with Gasteiger partial charge in [-0.25, -0.2) is 13.1 Å². The molecule has 1 N–H and O–H groups in total. The van der Waals surface area contributed by atoms with Gasteiger partial charge in [0.25, 0.3) is 5.91 Å². The van der Waals surface area contributed by atoms with E-state index in [0.29, 0.717) is 37.0 Å². The lowest BCUT2D eigenvalue weighted by Crippen LogP contribution is -2.59. The maximum Gasteiger partial charge on any atom is 0.264 e. The first-order valence-electron chi connectivity index (χ1n) is 16.9. The minimum absolute atomic E-state index is 0.189. The molecule has 3 heterocycles. The van der Waals surface area contributed by atoms with Gasteiger partial charge in [-0.2, -0.15) is 0 Å². The third-order valence-corrected chi connectivity index (χ3v) is 13.7. The Morgan fingerprint density at radius 3 is 2.72 bits per heavy atom. The van der Waals surface area contributed by atoms with E-state index in [-0.39, 0.29) is 11.3 Å². The number of sulfonamides is 1. The number of hydrogen-bond donors (Lipinski definition) is 1. The summed E-state index contributed by atoms with van der Waals surface area (Å²) in [4.78, 5) is 18.3. The van der Waals surface area contributed by atoms with Crippen LogP contribution in [0, 0.1) is 17.8 Å². The molecule has 1 saturated carbocycles. The van der Waals surface area contributed by atoms with Gasteiger partial charge in [0.1, 0.15) is 11.4 Å². The van der Waals surface area contributed by atoms with Gasteiger partial charge in [0, 0.05) is 42.2 Å². The highest BCUT2D eigenvalue weighted by Crippen LogP contribution is 2.49. The number of nitrogens with one attached hydrogen (secondary N) is 1. The van der Waals surface area contributed by atoms with Crippen LogP contribution in [0.4, 0.5) is 5.69 Å². The monoisotopic (exact) mass is 667 g/mol. The van der Waals surface area contributed by atoms with Crippen LogP contribution < -0.4 is 14.4 Å². The predicted octanol–water partition coefficient (Wildman–Crippen LogP) is 5.58. The third kappa shape index (κ3) is 5.75. The first-order valence-corrected chi connectivity index (χ1v) is 18.8. The van der Waals surface area contributed by atoms with Crippen molar-refractivity contribution in [2.75, 3.05) is 51.3 Å². The zero-order valence-electron chi connectivity index (χ0n) is 27.1. The standard InChI is InChI=1S/C36H46ClN3O5S/c1-24-6-4-15-36(22-39(3)16-17-45-36)31-11-8-28(31)20-40-21-35(14-5-7-26-18-29(37)10-12-30(26)35)23-44-33-13-9-27(19-32(33)40)34(41)38-46(42,43)25(24)2/h4,9-10,12-13,15,18-19,24-25,28,31H,5-8,11,14,16-17,20-23H2,1-3H3,(H,38,41)/b15-4-/t24-,25+,28-,31+,35-,36-/m0/s1. The lowest BCUT2D eigenvalue weighted by atomic mass is 9.63. The Bertz CT molecular complexity index is 1650. The van der Waals surface area contributed by atoms with Gasteiger partial charge in [0.15, 0.2) is 0 Å². The largest absolute Gasteiger partial charge is 0.490 e. The zero-order chi connectivity index (χ0) is 32.3. The van der Waals surface area contributed by atoms with Crippen molar-refractivity contribution >= 4 is 33.2 Å². The number of anilines is 1. The maximum atomic E-state index is 13.5. The van der Waals surface area contributed by atoms with E-state index in [1.54, 1.807) is 13.0 Å². The van der Waals surface area contributed by atoms with Gasteiger partial charge in [-0.15, -0.1) is 0 Å². The molecule has 1 saturated heterocycles. The van der Waals surface area contributed by atoms with E-state index in [4.69, 9.17) is 21.1 Å². The van der Waals surface area contributed by atoms with Crippen LogP contribution in [0.15, 0.2) is 48.6 Å². The van der Waals surface area contributed by atoms with Crippen LogP contribution in [0.1, 0.15) is 67.4 Å². The molecule has 0 radical (unpaired) electrons. The number of amides is 1. The van der Waals surface area contributed by atoms with Crippen molar-refractivity contribution in [2.45, 2.75) is 68.6 Å². The summed E-state index contributed by atoms with van der Waals surface area (Å²) in [5.74, 6) is 0.628. The molecule has 2 bridgehead atoms. The van der Waals surface area contributed by atoms with Gasteiger partial charge in [-0.1, -0.05) is 36.7 Å². The van der Waals surface area contributed by atoms with Crippen molar-refractivity contribution < 1.29 is 22.7 Å². The summed E-state index contributed by atoms with van der Waals surface area (Å²) >= 11 is 6.45. The fourth-order valence-corrected chi connectivity index (χ4v) is 10.1. The molecule has 46 heavy (non-hydrogen) atoms. The summed E-state index contributed by atoms with van der Waals surface area (Å²) in [5, 5.41) is -0.00202. The number of hydrogen-bond acceptors (Lipinski definition) is 7. The second-order valence-electron chi connectivity index (χ2n) is 14.6. The number of carbonyl (C=O) groups is 1. The molecule has 2 fully saturated rings. The number of benzene rings is 2. The number of likely N-dealkylation sites (N-methyl/N-ethyl adjacent to an activating group) is 1. The Morgan fingerprint density at radius 1 is 1.09 bits per heavy atom. The number of aryl methyl sites for hydroxylation is 1. The molecule has 6 atom stereocenters. The van der Waals surface area contributed by atoms with Gasteiger partial charge in [0.05, 0.1) is 24.2 Å². The van der Waals surface area contributed by atoms with Crippen molar-refractivity contribution in [3.8, 4) is 5.75 Å². The molecule has 3 aliphatic heterocycles. The van der Waals surface area contributed by atoms with Crippen LogP contribution in [-0.4, -0.2) is 76.5 Å². The lowest BCUT2D eigenvalue weighted by Gasteiger charge is -2.53. The molecule has 2 spiro atoms. The van der Waals surface area contributed by atoms with Crippen LogP contribution >= 0.6 is 11.6 Å². The summed E-state index contributed by atoms with van der Waals surface area (Å²) < 4.78 is 42.6. The first kappa shape index (κ1) is 32.0. The quantitative estimate of drug-likeness (QED) is 0.367. The average Bonchev–Trinajstić information content (AvgIpc) is 3.15. The zero-order valence-corrected chi connectivity index (χ0v) is 28.7. The van der Waals surface area contributed by atoms with Gasteiger partial charge >= 0.3 is 0 Å². The van der Waals surface area contributed by atoms with Crippen molar-refractivity contribution in [3.63, 3.8) is 0 Å². The van der Waals surface area contributed by atoms with Gasteiger partial charge < -0.3 is 19.3 Å². The second-order valence-corrected chi connectivity index (χ2v) is 17.0. The Kier molecular flexibility index (Phi) is 8.44. The minimum atomic E-state index is -3.92. The summed E-state index contributed by atoms with van der Waals surface area (Å²) in [6.45, 7) is 8.04. The van der Waals surface area contributed by atoms with Crippen molar-refractivity contribution in [3.05, 3.63) is 70.3 Å². The normalized spacial score (nSPS) is 35.2. The number of halogens is 1. The molecule has 0 aromatic heterocycles. The summed E-state index contributed by atoms with van der Waals surface area (Å²) in [5.41, 5.74) is 3.05. The Morgan fingerprint density at radius 2 is 1.93 bits per heavy atom. The van der Waals surface area contributed by atoms with E-state index in [1.807, 2.05) is 25.1 Å². The summed E-state index contributed by atoms with van der Waals surface area (Å²) in [7, 11) is -1.76. The molecule has 7 rings (SSSR count). The number of rotatable bonds is 0. The molecular formula is C36H46ClN3O5S. The third-order valence-electron chi connectivity index (χ3n) is 11.6. The van der Waals surface area contributed by atoms with E-state index in [9.17, 15) is 13.2 Å². The van der Waals surface area contributed by atoms with E-state index < -0.39 is 26.8 Å². The van der Waals surface area contributed by atoms with Crippen LogP contribution in [0.2, 0.25) is 5.02 Å². The number of nitrogens with zero attached hydrogens (tertiary/aromatic N) is 2. The van der Waals surface area contributed by atoms with E-state index in [2.05, 4.69) is 45.9 Å². The number of carbonyl (C=O) groups excluding carboxylic acids is 1. The molecule has 2 aliphatic carbocycles. The number of ether oxygens (including phenoxy) is 2. The van der Waals surface area contributed by atoms with Crippen LogP contribution in [0.5, 0.6) is 5.75 Å². The van der Waals surface area contributed by atoms with Crippen molar-refractivity contribution in [1.82, 2.24) is 9.62 Å². The molecule has 5 aliphatic rings. The van der Waals surface area contributed by atoms with Crippen LogP contribution in [-0.2, 0) is 26.6 Å². The molecule has 1 amide bonds. The predicted molar refractivity (Wildman–Crippen MR) is 181 cm³/mol. The average molecular weight is 668 g/mol. The van der Waals surface area contributed by atoms with Crippen LogP contribution in [0.25, 0.3) is 0 Å². The van der Waals surface area contributed by atoms with Crippen LogP contribution in [0.3, 0.4) is 0 Å². The summed E-state index contributed by atoms with van der Waals surface area (Å²) in [6, 6.07) is 11.6. The Labute approximate surface area is 278 Å². The fourth-order valence-electron chi connectivity index (χ4n) is 8.62. The molecular weight excluding hydrogens is 622 g/mol. The van der Waals surface area contributed by atoms with E-state index >= 15 is 0 Å². The minimum Gasteiger partial charge on any atom is -0.490 e. The van der Waals surface area contributed by atoms with Gasteiger partial charge in [0.2, 0.25) is 10.0 Å². The maximum absolute atomic E-state index is 13.5. The number of allylic oxidation sites excluding steroid dienone is 1. The number of morpholine rings is 1. The molecule has 2 aromatic rings. The van der Waals surface area contributed by atoms with Gasteiger partial charge in [-0.05, 0) is 112 Å². The Balaban J connectivity index is 1.33. The fraction of sp³-hybridized carbons (Fsp3) is 0.583. The highest BCUT2D eigenvalue weighted by molar-refractivity contribution is 7.90. The SMILES string of the molecule is C[C@@H]1[C@@H](C)C/C=C\[C@]2(CN(C)CCO2)[C@@H]2CC[C@H]2CN2C[C@@]3(CCCc4cc(Cl)ccc43)COc3ccc(cc32)C(=O)NS1(=O)=O. The number of fused-ring (bicyclic) bond motifs is 5. The molecule has 2 aromatic carbocycles. The molecule has 0 unspecified atom stereocenters. The molecule has 10 heteroatoms. The van der Waals surface area contributed by atoms with Crippen molar-refractivity contribution in [1.29, 1.82) is 0 Å². The van der Waals surface area contributed by atoms with E-state index in [0.717, 1.165) is 74.7 Å². The highest BCUT2D eigenvalue weighted by atomic mass is 35.5. The second kappa shape index (κ2) is 12.1. The van der Waals surface area contributed by atoms with Crippen molar-refractivity contribution in [2.24, 2.45) is 17.8 Å². The van der Waals surface area contributed by atoms with Gasteiger partial charge in [-0.3, -0.25) is 4.79 Å². The first-order chi connectivity index (χ1) is 22.0.